The first kappa shape index (κ1) is 23.8. The van der Waals surface area contributed by atoms with Crippen LogP contribution in [0.2, 0.25) is 0 Å². The number of methoxy groups -OCH3 is 1. The van der Waals surface area contributed by atoms with E-state index in [0.717, 1.165) is 6.42 Å². The molecule has 0 bridgehead atoms. The van der Waals surface area contributed by atoms with Crippen LogP contribution in [0.15, 0.2) is 24.3 Å². The zero-order valence-electron chi connectivity index (χ0n) is 18.6. The number of esters is 2. The van der Waals surface area contributed by atoms with Crippen LogP contribution in [0.4, 0.5) is 11.9 Å². The number of aromatic nitrogens is 3. The molecule has 0 aliphatic rings. The molecule has 0 aliphatic heterocycles. The highest BCUT2D eigenvalue weighted by Crippen LogP contribution is 2.21. The smallest absolute Gasteiger partial charge is 0.346 e. The summed E-state index contributed by atoms with van der Waals surface area (Å²) in [6.45, 7) is 9.48. The van der Waals surface area contributed by atoms with Gasteiger partial charge in [0.05, 0.1) is 12.7 Å². The van der Waals surface area contributed by atoms with E-state index in [-0.39, 0.29) is 23.7 Å². The minimum atomic E-state index is -0.998. The van der Waals surface area contributed by atoms with Gasteiger partial charge in [-0.25, -0.2) is 9.59 Å². The van der Waals surface area contributed by atoms with Crippen LogP contribution < -0.4 is 15.4 Å². The number of nitrogens with one attached hydrogen (secondary N) is 2. The van der Waals surface area contributed by atoms with Crippen LogP contribution in [0.1, 0.15) is 51.4 Å². The molecule has 0 aliphatic carbocycles. The van der Waals surface area contributed by atoms with E-state index in [4.69, 9.17) is 9.47 Å². The van der Waals surface area contributed by atoms with E-state index in [1.165, 1.54) is 26.2 Å². The Labute approximate surface area is 181 Å². The molecule has 2 N–H and O–H groups in total. The lowest BCUT2D eigenvalue weighted by Crippen LogP contribution is -2.25. The summed E-state index contributed by atoms with van der Waals surface area (Å²) < 4.78 is 15.4. The summed E-state index contributed by atoms with van der Waals surface area (Å²) >= 11 is 0. The van der Waals surface area contributed by atoms with E-state index in [0.29, 0.717) is 17.6 Å². The third-order valence-electron chi connectivity index (χ3n) is 4.14. The van der Waals surface area contributed by atoms with Crippen molar-refractivity contribution in [2.45, 2.75) is 59.2 Å². The SMILES string of the molecule is CC[C@H](C)Nc1nc(NC(C)C)nc(Oc2ccc(C(=O)O[C@H](C)C(=O)OC)cc2)n1. The van der Waals surface area contributed by atoms with Crippen LogP contribution in [-0.2, 0) is 14.3 Å². The monoisotopic (exact) mass is 431 g/mol. The van der Waals surface area contributed by atoms with Gasteiger partial charge in [-0.3, -0.25) is 0 Å². The second-order valence-corrected chi connectivity index (χ2v) is 7.22. The van der Waals surface area contributed by atoms with Crippen LogP contribution in [0.25, 0.3) is 0 Å². The first-order valence-corrected chi connectivity index (χ1v) is 10.1. The van der Waals surface area contributed by atoms with E-state index in [1.54, 1.807) is 12.1 Å². The van der Waals surface area contributed by atoms with Crippen molar-refractivity contribution in [2.75, 3.05) is 17.7 Å². The van der Waals surface area contributed by atoms with E-state index in [1.807, 2.05) is 20.8 Å². The minimum absolute atomic E-state index is 0.110. The topological polar surface area (TPSA) is 125 Å². The minimum Gasteiger partial charge on any atom is -0.466 e. The number of hydrogen-bond donors (Lipinski definition) is 2. The van der Waals surface area contributed by atoms with Gasteiger partial charge in [-0.15, -0.1) is 0 Å². The average molecular weight is 431 g/mol. The maximum Gasteiger partial charge on any atom is 0.346 e. The predicted octanol–water partition coefficient (Wildman–Crippen LogP) is 3.41. The van der Waals surface area contributed by atoms with Crippen molar-refractivity contribution in [1.82, 2.24) is 15.0 Å². The zero-order chi connectivity index (χ0) is 23.0. The third-order valence-corrected chi connectivity index (χ3v) is 4.14. The van der Waals surface area contributed by atoms with Gasteiger partial charge >= 0.3 is 17.9 Å². The molecule has 0 saturated carbocycles. The number of benzene rings is 1. The van der Waals surface area contributed by atoms with E-state index < -0.39 is 18.0 Å². The van der Waals surface area contributed by atoms with Gasteiger partial charge in [0.25, 0.3) is 0 Å². The number of carbonyl (C=O) groups is 2. The van der Waals surface area contributed by atoms with Gasteiger partial charge in [-0.1, -0.05) is 6.92 Å². The Kier molecular flexibility index (Phi) is 8.53. The normalized spacial score (nSPS) is 12.6. The standard InChI is InChI=1S/C21H29N5O5/c1-7-13(4)23-20-24-19(22-12(2)3)25-21(26-20)31-16-10-8-15(9-11-16)18(28)30-14(5)17(27)29-6/h8-14H,7H2,1-6H3,(H2,22,23,24,25,26)/t13-,14+/m0/s1. The third kappa shape index (κ3) is 7.40. The highest BCUT2D eigenvalue weighted by Gasteiger charge is 2.19. The van der Waals surface area contributed by atoms with Crippen molar-refractivity contribution < 1.29 is 23.8 Å². The second kappa shape index (κ2) is 11.1. The molecular weight excluding hydrogens is 402 g/mol. The first-order valence-electron chi connectivity index (χ1n) is 10.1. The van der Waals surface area contributed by atoms with Crippen LogP contribution in [0, 0.1) is 0 Å². The summed E-state index contributed by atoms with van der Waals surface area (Å²) in [5.74, 6) is -0.0557. The largest absolute Gasteiger partial charge is 0.466 e. The molecule has 2 atom stereocenters. The molecule has 2 rings (SSSR count). The molecule has 0 fully saturated rings. The van der Waals surface area contributed by atoms with E-state index in [9.17, 15) is 9.59 Å². The summed E-state index contributed by atoms with van der Waals surface area (Å²) in [7, 11) is 1.23. The summed E-state index contributed by atoms with van der Waals surface area (Å²) in [4.78, 5) is 36.5. The van der Waals surface area contributed by atoms with Crippen molar-refractivity contribution in [2.24, 2.45) is 0 Å². The van der Waals surface area contributed by atoms with Gasteiger partial charge in [-0.2, -0.15) is 15.0 Å². The number of ether oxygens (including phenoxy) is 3. The highest BCUT2D eigenvalue weighted by atomic mass is 16.6. The van der Waals surface area contributed by atoms with Gasteiger partial charge < -0.3 is 24.8 Å². The van der Waals surface area contributed by atoms with Gasteiger partial charge in [0, 0.05) is 12.1 Å². The first-order chi connectivity index (χ1) is 14.7. The number of carbonyl (C=O) groups excluding carboxylic acids is 2. The molecule has 1 heterocycles. The fourth-order valence-electron chi connectivity index (χ4n) is 2.32. The van der Waals surface area contributed by atoms with Crippen LogP contribution in [-0.4, -0.2) is 52.2 Å². The van der Waals surface area contributed by atoms with Crippen molar-refractivity contribution in [3.8, 4) is 11.8 Å². The van der Waals surface area contributed by atoms with Crippen LogP contribution >= 0.6 is 0 Å². The molecule has 0 saturated heterocycles. The fourth-order valence-corrected chi connectivity index (χ4v) is 2.32. The lowest BCUT2D eigenvalue weighted by Gasteiger charge is -2.15. The van der Waals surface area contributed by atoms with Gasteiger partial charge in [0.1, 0.15) is 5.75 Å². The molecule has 2 aromatic rings. The molecule has 0 amide bonds. The summed E-state index contributed by atoms with van der Waals surface area (Å²) in [6, 6.07) is 6.63. The van der Waals surface area contributed by atoms with Gasteiger partial charge in [0.2, 0.25) is 11.9 Å². The Hall–Kier alpha value is -3.43. The number of hydrogen-bond acceptors (Lipinski definition) is 10. The highest BCUT2D eigenvalue weighted by molar-refractivity contribution is 5.91. The van der Waals surface area contributed by atoms with E-state index in [2.05, 4.69) is 37.2 Å². The lowest BCUT2D eigenvalue weighted by atomic mass is 10.2. The summed E-state index contributed by atoms with van der Waals surface area (Å²) in [5, 5.41) is 6.34. The Balaban J connectivity index is 2.14. The number of anilines is 2. The molecule has 1 aromatic carbocycles. The Bertz CT molecular complexity index is 888. The molecule has 10 nitrogen and oxygen atoms in total. The molecule has 0 spiro atoms. The van der Waals surface area contributed by atoms with Crippen molar-refractivity contribution in [3.63, 3.8) is 0 Å². The van der Waals surface area contributed by atoms with Gasteiger partial charge in [0.15, 0.2) is 6.10 Å². The van der Waals surface area contributed by atoms with Crippen molar-refractivity contribution >= 4 is 23.8 Å². The van der Waals surface area contributed by atoms with E-state index >= 15 is 0 Å². The molecule has 0 radical (unpaired) electrons. The second-order valence-electron chi connectivity index (χ2n) is 7.22. The maximum absolute atomic E-state index is 12.1. The quantitative estimate of drug-likeness (QED) is 0.541. The van der Waals surface area contributed by atoms with Crippen molar-refractivity contribution in [1.29, 1.82) is 0 Å². The van der Waals surface area contributed by atoms with Crippen LogP contribution in [0.5, 0.6) is 11.8 Å². The van der Waals surface area contributed by atoms with Gasteiger partial charge in [-0.05, 0) is 58.4 Å². The summed E-state index contributed by atoms with van der Waals surface area (Å²) in [5.41, 5.74) is 0.264. The Morgan fingerprint density at radius 2 is 1.58 bits per heavy atom. The molecule has 168 valence electrons. The number of rotatable bonds is 10. The zero-order valence-corrected chi connectivity index (χ0v) is 18.6. The lowest BCUT2D eigenvalue weighted by molar-refractivity contribution is -0.149. The average Bonchev–Trinajstić information content (AvgIpc) is 2.72. The molecular formula is C21H29N5O5. The molecule has 1 aromatic heterocycles. The van der Waals surface area contributed by atoms with Crippen molar-refractivity contribution in [3.05, 3.63) is 29.8 Å². The predicted molar refractivity (Wildman–Crippen MR) is 115 cm³/mol. The van der Waals surface area contributed by atoms with Crippen LogP contribution in [0.3, 0.4) is 0 Å². The summed E-state index contributed by atoms with van der Waals surface area (Å²) in [6.07, 6.45) is -0.0944. The maximum atomic E-state index is 12.1. The number of nitrogens with zero attached hydrogens (tertiary/aromatic N) is 3. The fraction of sp³-hybridized carbons (Fsp3) is 0.476. The Morgan fingerprint density at radius 1 is 0.968 bits per heavy atom. The molecule has 31 heavy (non-hydrogen) atoms. The Morgan fingerprint density at radius 3 is 2.13 bits per heavy atom. The molecule has 10 heteroatoms. The molecule has 0 unspecified atom stereocenters.